The number of carbonyl (C=O) groups is 1. The van der Waals surface area contributed by atoms with Gasteiger partial charge in [-0.1, -0.05) is 12.1 Å². The molecule has 0 aromatic heterocycles. The summed E-state index contributed by atoms with van der Waals surface area (Å²) < 4.78 is 44.7. The van der Waals surface area contributed by atoms with Crippen molar-refractivity contribution in [3.05, 3.63) is 24.3 Å². The quantitative estimate of drug-likeness (QED) is 0.503. The molecule has 1 aromatic rings. The molecule has 0 aliphatic carbocycles. The Morgan fingerprint density at radius 3 is 2.65 bits per heavy atom. The number of benzene rings is 1. The van der Waals surface area contributed by atoms with E-state index in [2.05, 4.69) is 10.0 Å². The highest BCUT2D eigenvalue weighted by molar-refractivity contribution is 7.89. The minimum absolute atomic E-state index is 0.0000190. The van der Waals surface area contributed by atoms with Crippen LogP contribution < -0.4 is 14.8 Å². The fourth-order valence-corrected chi connectivity index (χ4v) is 5.51. The van der Waals surface area contributed by atoms with Crippen LogP contribution in [-0.4, -0.2) is 71.2 Å². The van der Waals surface area contributed by atoms with Crippen molar-refractivity contribution in [2.45, 2.75) is 55.2 Å². The molecule has 9 nitrogen and oxygen atoms in total. The first-order valence-electron chi connectivity index (χ1n) is 10.7. The number of carbonyl (C=O) groups excluding carboxylic acids is 1. The van der Waals surface area contributed by atoms with E-state index >= 15 is 0 Å². The molecule has 3 rings (SSSR count). The van der Waals surface area contributed by atoms with Gasteiger partial charge in [-0.2, -0.15) is 0 Å². The van der Waals surface area contributed by atoms with Gasteiger partial charge < -0.3 is 24.6 Å². The Morgan fingerprint density at radius 1 is 1.19 bits per heavy atom. The van der Waals surface area contributed by atoms with Crippen molar-refractivity contribution in [1.82, 2.24) is 10.0 Å². The Kier molecular flexibility index (Phi) is 8.67. The lowest BCUT2D eigenvalue weighted by Crippen LogP contribution is -2.51. The molecule has 0 spiro atoms. The molecule has 2 saturated heterocycles. The predicted octanol–water partition coefficient (Wildman–Crippen LogP) is 0.815. The highest BCUT2D eigenvalue weighted by atomic mass is 32.2. The molecule has 0 bridgehead atoms. The second-order valence-corrected chi connectivity index (χ2v) is 9.58. The van der Waals surface area contributed by atoms with E-state index < -0.39 is 22.2 Å². The predicted molar refractivity (Wildman–Crippen MR) is 113 cm³/mol. The van der Waals surface area contributed by atoms with E-state index in [1.165, 1.54) is 13.2 Å². The molecule has 3 atom stereocenters. The van der Waals surface area contributed by atoms with Crippen LogP contribution in [0.3, 0.4) is 0 Å². The number of aliphatic hydroxyl groups is 1. The van der Waals surface area contributed by atoms with Crippen molar-refractivity contribution in [2.24, 2.45) is 5.92 Å². The van der Waals surface area contributed by atoms with Crippen molar-refractivity contribution in [3.63, 3.8) is 0 Å². The van der Waals surface area contributed by atoms with E-state index in [9.17, 15) is 18.3 Å². The number of methoxy groups -OCH3 is 1. The lowest BCUT2D eigenvalue weighted by Gasteiger charge is -2.36. The zero-order valence-corrected chi connectivity index (χ0v) is 18.6. The fourth-order valence-electron chi connectivity index (χ4n) is 4.04. The van der Waals surface area contributed by atoms with E-state index in [1.54, 1.807) is 18.2 Å². The third kappa shape index (κ3) is 6.39. The topological polar surface area (TPSA) is 123 Å². The lowest BCUT2D eigenvalue weighted by atomic mass is 9.97. The average molecular weight is 457 g/mol. The molecule has 1 aromatic carbocycles. The molecule has 0 unspecified atom stereocenters. The molecular formula is C21H32N2O7S. The van der Waals surface area contributed by atoms with Gasteiger partial charge in [-0.25, -0.2) is 13.1 Å². The maximum atomic E-state index is 12.8. The lowest BCUT2D eigenvalue weighted by molar-refractivity contribution is -0.128. The number of hydrogen-bond acceptors (Lipinski definition) is 7. The number of rotatable bonds is 9. The zero-order valence-electron chi connectivity index (χ0n) is 17.8. The minimum atomic E-state index is -3.84. The van der Waals surface area contributed by atoms with Gasteiger partial charge >= 0.3 is 0 Å². The largest absolute Gasteiger partial charge is 0.495 e. The zero-order chi connectivity index (χ0) is 22.3. The van der Waals surface area contributed by atoms with E-state index in [-0.39, 0.29) is 35.2 Å². The summed E-state index contributed by atoms with van der Waals surface area (Å²) in [6.07, 6.45) is 2.44. The summed E-state index contributed by atoms with van der Waals surface area (Å²) >= 11 is 0. The average Bonchev–Trinajstić information content (AvgIpc) is 2.80. The monoisotopic (exact) mass is 456 g/mol. The van der Waals surface area contributed by atoms with Crippen LogP contribution in [0.25, 0.3) is 0 Å². The van der Waals surface area contributed by atoms with Crippen LogP contribution in [0.2, 0.25) is 0 Å². The number of nitrogens with one attached hydrogen (secondary N) is 2. The first-order valence-corrected chi connectivity index (χ1v) is 12.2. The highest BCUT2D eigenvalue weighted by Crippen LogP contribution is 2.26. The Morgan fingerprint density at radius 2 is 1.94 bits per heavy atom. The van der Waals surface area contributed by atoms with E-state index in [0.29, 0.717) is 39.0 Å². The normalized spacial score (nSPS) is 25.2. The van der Waals surface area contributed by atoms with Gasteiger partial charge in [0.15, 0.2) is 0 Å². The van der Waals surface area contributed by atoms with Crippen LogP contribution in [0.1, 0.15) is 32.1 Å². The van der Waals surface area contributed by atoms with Gasteiger partial charge in [0, 0.05) is 25.7 Å². The first kappa shape index (κ1) is 23.9. The molecule has 2 aliphatic rings. The summed E-state index contributed by atoms with van der Waals surface area (Å²) in [7, 11) is -2.42. The van der Waals surface area contributed by atoms with Crippen LogP contribution in [-0.2, 0) is 24.3 Å². The van der Waals surface area contributed by atoms with Gasteiger partial charge in [-0.05, 0) is 44.2 Å². The molecule has 2 fully saturated rings. The number of amides is 1. The van der Waals surface area contributed by atoms with Crippen molar-refractivity contribution >= 4 is 15.9 Å². The highest BCUT2D eigenvalue weighted by Gasteiger charge is 2.34. The summed E-state index contributed by atoms with van der Waals surface area (Å²) in [4.78, 5) is 12.3. The maximum absolute atomic E-state index is 12.8. The van der Waals surface area contributed by atoms with Crippen LogP contribution in [0.15, 0.2) is 29.2 Å². The second-order valence-electron chi connectivity index (χ2n) is 7.90. The van der Waals surface area contributed by atoms with Crippen LogP contribution in [0.4, 0.5) is 0 Å². The Hall–Kier alpha value is -1.72. The third-order valence-electron chi connectivity index (χ3n) is 5.82. The first-order chi connectivity index (χ1) is 14.9. The number of sulfonamides is 1. The SMILES string of the molecule is COc1ccccc1S(=O)(=O)N[C@H]1CC[C@@H](CCNC(=O)C2CCOCC2)O[C@@H]1CO. The Labute approximate surface area is 183 Å². The van der Waals surface area contributed by atoms with E-state index in [4.69, 9.17) is 14.2 Å². The van der Waals surface area contributed by atoms with Gasteiger partial charge in [-0.15, -0.1) is 0 Å². The van der Waals surface area contributed by atoms with Crippen LogP contribution in [0.5, 0.6) is 5.75 Å². The Bertz CT molecular complexity index is 827. The van der Waals surface area contributed by atoms with Gasteiger partial charge in [0.25, 0.3) is 0 Å². The second kappa shape index (κ2) is 11.2. The van der Waals surface area contributed by atoms with E-state index in [0.717, 1.165) is 12.8 Å². The number of ether oxygens (including phenoxy) is 3. The van der Waals surface area contributed by atoms with Crippen molar-refractivity contribution in [2.75, 3.05) is 33.5 Å². The number of aliphatic hydroxyl groups excluding tert-OH is 1. The Balaban J connectivity index is 1.50. The summed E-state index contributed by atoms with van der Waals surface area (Å²) in [6, 6.07) is 5.84. The summed E-state index contributed by atoms with van der Waals surface area (Å²) in [5.74, 6) is 0.297. The maximum Gasteiger partial charge on any atom is 0.244 e. The summed E-state index contributed by atoms with van der Waals surface area (Å²) in [5.41, 5.74) is 0. The standard InChI is InChI=1S/C21H32N2O7S/c1-28-18-4-2-3-5-20(18)31(26,27)23-17-7-6-16(30-19(17)14-24)8-11-22-21(25)15-9-12-29-13-10-15/h2-5,15-17,19,23-24H,6-14H2,1H3,(H,22,25)/t16-,17-,19+/m0/s1. The molecular weight excluding hydrogens is 424 g/mol. The van der Waals surface area contributed by atoms with Gasteiger partial charge in [0.1, 0.15) is 10.6 Å². The molecule has 2 heterocycles. The van der Waals surface area contributed by atoms with Crippen molar-refractivity contribution in [3.8, 4) is 5.75 Å². The smallest absolute Gasteiger partial charge is 0.244 e. The number of para-hydroxylation sites is 1. The molecule has 2 aliphatic heterocycles. The van der Waals surface area contributed by atoms with Gasteiger partial charge in [0.2, 0.25) is 15.9 Å². The molecule has 3 N–H and O–H groups in total. The molecule has 1 amide bonds. The molecule has 174 valence electrons. The summed E-state index contributed by atoms with van der Waals surface area (Å²) in [6.45, 7) is 1.42. The fraction of sp³-hybridized carbons (Fsp3) is 0.667. The molecule has 31 heavy (non-hydrogen) atoms. The summed E-state index contributed by atoms with van der Waals surface area (Å²) in [5, 5.41) is 12.7. The van der Waals surface area contributed by atoms with Gasteiger partial charge in [-0.3, -0.25) is 4.79 Å². The molecule has 10 heteroatoms. The third-order valence-corrected chi connectivity index (χ3v) is 7.35. The molecule has 0 radical (unpaired) electrons. The van der Waals surface area contributed by atoms with E-state index in [1.807, 2.05) is 0 Å². The van der Waals surface area contributed by atoms with Crippen LogP contribution in [0, 0.1) is 5.92 Å². The van der Waals surface area contributed by atoms with Crippen molar-refractivity contribution < 1.29 is 32.5 Å². The molecule has 0 saturated carbocycles. The number of hydrogen-bond donors (Lipinski definition) is 3. The van der Waals surface area contributed by atoms with Gasteiger partial charge in [0.05, 0.1) is 32.0 Å². The minimum Gasteiger partial charge on any atom is -0.495 e. The van der Waals surface area contributed by atoms with Crippen molar-refractivity contribution in [1.29, 1.82) is 0 Å². The van der Waals surface area contributed by atoms with Crippen LogP contribution >= 0.6 is 0 Å².